The number of hydrogen-bond donors (Lipinski definition) is 0. The molecule has 2 aromatic rings. The molecule has 0 atom stereocenters. The van der Waals surface area contributed by atoms with Gasteiger partial charge in [-0.2, -0.15) is 0 Å². The lowest BCUT2D eigenvalue weighted by Gasteiger charge is -2.22. The topological polar surface area (TPSA) is 20.3 Å². The monoisotopic (exact) mass is 289 g/mol. The Morgan fingerprint density at radius 2 is 1.90 bits per heavy atom. The normalized spacial score (nSPS) is 10.5. The van der Waals surface area contributed by atoms with Crippen LogP contribution in [0.3, 0.4) is 0 Å². The summed E-state index contributed by atoms with van der Waals surface area (Å²) in [6.45, 7) is 3.49. The third-order valence-electron chi connectivity index (χ3n) is 3.38. The molecule has 2 rings (SSSR count). The van der Waals surface area contributed by atoms with Crippen LogP contribution in [0.15, 0.2) is 36.4 Å². The van der Waals surface area contributed by atoms with Gasteiger partial charge in [-0.15, -0.1) is 0 Å². The summed E-state index contributed by atoms with van der Waals surface area (Å²) in [6, 6.07) is 9.18. The van der Waals surface area contributed by atoms with E-state index in [0.717, 1.165) is 5.56 Å². The standard InChI is InChI=1S/C17H17F2NO/c1-11-7-17(15(12(2)21)9-16(11)19)20(3)10-13-5-4-6-14(18)8-13/h4-9H,10H2,1-3H3. The molecule has 0 saturated heterocycles. The number of rotatable bonds is 4. The minimum atomic E-state index is -0.400. The molecule has 0 bridgehead atoms. The minimum absolute atomic E-state index is 0.199. The lowest BCUT2D eigenvalue weighted by Crippen LogP contribution is -2.19. The average molecular weight is 289 g/mol. The molecule has 0 radical (unpaired) electrons. The van der Waals surface area contributed by atoms with Crippen LogP contribution in [0.1, 0.15) is 28.4 Å². The third kappa shape index (κ3) is 3.45. The summed E-state index contributed by atoms with van der Waals surface area (Å²) >= 11 is 0. The van der Waals surface area contributed by atoms with E-state index in [4.69, 9.17) is 0 Å². The highest BCUT2D eigenvalue weighted by Gasteiger charge is 2.15. The second-order valence-corrected chi connectivity index (χ2v) is 5.16. The van der Waals surface area contributed by atoms with E-state index in [2.05, 4.69) is 0 Å². The van der Waals surface area contributed by atoms with Crippen LogP contribution in [-0.2, 0) is 6.54 Å². The minimum Gasteiger partial charge on any atom is -0.370 e. The molecule has 0 aromatic heterocycles. The van der Waals surface area contributed by atoms with Gasteiger partial charge in [-0.1, -0.05) is 12.1 Å². The molecule has 110 valence electrons. The van der Waals surface area contributed by atoms with Gasteiger partial charge in [0.2, 0.25) is 0 Å². The highest BCUT2D eigenvalue weighted by atomic mass is 19.1. The summed E-state index contributed by atoms with van der Waals surface area (Å²) in [4.78, 5) is 13.5. The SMILES string of the molecule is CC(=O)c1cc(F)c(C)cc1N(C)Cc1cccc(F)c1. The molecule has 0 aliphatic carbocycles. The smallest absolute Gasteiger partial charge is 0.161 e. The van der Waals surface area contributed by atoms with E-state index in [9.17, 15) is 13.6 Å². The quantitative estimate of drug-likeness (QED) is 0.789. The van der Waals surface area contributed by atoms with E-state index in [1.165, 1.54) is 25.1 Å². The van der Waals surface area contributed by atoms with Crippen LogP contribution in [-0.4, -0.2) is 12.8 Å². The Labute approximate surface area is 123 Å². The van der Waals surface area contributed by atoms with Gasteiger partial charge in [0.25, 0.3) is 0 Å². The Morgan fingerprint density at radius 1 is 1.19 bits per heavy atom. The van der Waals surface area contributed by atoms with Crippen LogP contribution < -0.4 is 4.90 Å². The van der Waals surface area contributed by atoms with Gasteiger partial charge in [-0.25, -0.2) is 8.78 Å². The lowest BCUT2D eigenvalue weighted by molar-refractivity contribution is 0.101. The van der Waals surface area contributed by atoms with Crippen molar-refractivity contribution in [3.63, 3.8) is 0 Å². The zero-order valence-corrected chi connectivity index (χ0v) is 12.3. The molecule has 0 spiro atoms. The van der Waals surface area contributed by atoms with Gasteiger partial charge >= 0.3 is 0 Å². The van der Waals surface area contributed by atoms with Crippen molar-refractivity contribution in [1.29, 1.82) is 0 Å². The predicted octanol–water partition coefficient (Wildman–Crippen LogP) is 4.11. The van der Waals surface area contributed by atoms with E-state index >= 15 is 0 Å². The van der Waals surface area contributed by atoms with Crippen LogP contribution >= 0.6 is 0 Å². The van der Waals surface area contributed by atoms with Crippen molar-refractivity contribution in [2.45, 2.75) is 20.4 Å². The van der Waals surface area contributed by atoms with Crippen molar-refractivity contribution in [2.24, 2.45) is 0 Å². The summed E-state index contributed by atoms with van der Waals surface area (Å²) in [5.41, 5.74) is 2.23. The summed E-state index contributed by atoms with van der Waals surface area (Å²) < 4.78 is 26.9. The first kappa shape index (κ1) is 15.2. The first-order valence-electron chi connectivity index (χ1n) is 6.65. The van der Waals surface area contributed by atoms with Crippen molar-refractivity contribution in [3.05, 3.63) is 64.7 Å². The van der Waals surface area contributed by atoms with Crippen LogP contribution in [0.2, 0.25) is 0 Å². The highest BCUT2D eigenvalue weighted by molar-refractivity contribution is 5.99. The molecule has 4 heteroatoms. The number of aryl methyl sites for hydroxylation is 1. The maximum atomic E-state index is 13.6. The number of Topliss-reactive ketones (excluding diaryl/α,β-unsaturated/α-hetero) is 1. The molecule has 0 fully saturated rings. The average Bonchev–Trinajstić information content (AvgIpc) is 2.41. The van der Waals surface area contributed by atoms with E-state index in [1.807, 2.05) is 11.0 Å². The Morgan fingerprint density at radius 3 is 2.52 bits per heavy atom. The highest BCUT2D eigenvalue weighted by Crippen LogP contribution is 2.25. The molecule has 0 aliphatic heterocycles. The maximum Gasteiger partial charge on any atom is 0.161 e. The van der Waals surface area contributed by atoms with Crippen LogP contribution in [0.4, 0.5) is 14.5 Å². The first-order chi connectivity index (χ1) is 9.88. The number of nitrogens with zero attached hydrogens (tertiary/aromatic N) is 1. The molecule has 0 N–H and O–H groups in total. The van der Waals surface area contributed by atoms with E-state index in [0.29, 0.717) is 23.4 Å². The van der Waals surface area contributed by atoms with Gasteiger partial charge in [0.1, 0.15) is 11.6 Å². The summed E-state index contributed by atoms with van der Waals surface area (Å²) in [5, 5.41) is 0. The number of carbonyl (C=O) groups excluding carboxylic acids is 1. The number of carbonyl (C=O) groups is 1. The van der Waals surface area contributed by atoms with Gasteiger partial charge in [-0.3, -0.25) is 4.79 Å². The van der Waals surface area contributed by atoms with Crippen molar-refractivity contribution in [2.75, 3.05) is 11.9 Å². The molecule has 2 aromatic carbocycles. The Balaban J connectivity index is 2.36. The molecule has 0 unspecified atom stereocenters. The second-order valence-electron chi connectivity index (χ2n) is 5.16. The third-order valence-corrected chi connectivity index (χ3v) is 3.38. The number of halogens is 2. The zero-order chi connectivity index (χ0) is 15.6. The van der Waals surface area contributed by atoms with E-state index < -0.39 is 5.82 Å². The van der Waals surface area contributed by atoms with Gasteiger partial charge in [-0.05, 0) is 49.2 Å². The number of ketones is 1. The van der Waals surface area contributed by atoms with Gasteiger partial charge < -0.3 is 4.90 Å². The number of anilines is 1. The van der Waals surface area contributed by atoms with Crippen LogP contribution in [0.25, 0.3) is 0 Å². The zero-order valence-electron chi connectivity index (χ0n) is 12.3. The molecule has 0 saturated carbocycles. The fourth-order valence-corrected chi connectivity index (χ4v) is 2.26. The Kier molecular flexibility index (Phi) is 4.36. The molecule has 0 aliphatic rings. The Bertz CT molecular complexity index is 682. The molecule has 2 nitrogen and oxygen atoms in total. The van der Waals surface area contributed by atoms with Crippen LogP contribution in [0.5, 0.6) is 0 Å². The summed E-state index contributed by atoms with van der Waals surface area (Å²) in [7, 11) is 1.80. The Hall–Kier alpha value is -2.23. The molecule has 0 amide bonds. The van der Waals surface area contributed by atoms with Gasteiger partial charge in [0, 0.05) is 24.8 Å². The van der Waals surface area contributed by atoms with Gasteiger partial charge in [0.15, 0.2) is 5.78 Å². The van der Waals surface area contributed by atoms with Gasteiger partial charge in [0.05, 0.1) is 0 Å². The fourth-order valence-electron chi connectivity index (χ4n) is 2.26. The van der Waals surface area contributed by atoms with Crippen molar-refractivity contribution >= 4 is 11.5 Å². The second kappa shape index (κ2) is 6.04. The maximum absolute atomic E-state index is 13.6. The largest absolute Gasteiger partial charge is 0.370 e. The van der Waals surface area contributed by atoms with E-state index in [1.54, 1.807) is 26.1 Å². The lowest BCUT2D eigenvalue weighted by atomic mass is 10.0. The fraction of sp³-hybridized carbons (Fsp3) is 0.235. The summed E-state index contributed by atoms with van der Waals surface area (Å²) in [5.74, 6) is -0.902. The molecular formula is C17H17F2NO. The molecule has 21 heavy (non-hydrogen) atoms. The van der Waals surface area contributed by atoms with Crippen molar-refractivity contribution < 1.29 is 13.6 Å². The van der Waals surface area contributed by atoms with Crippen molar-refractivity contribution in [1.82, 2.24) is 0 Å². The first-order valence-corrected chi connectivity index (χ1v) is 6.65. The van der Waals surface area contributed by atoms with E-state index in [-0.39, 0.29) is 11.6 Å². The van der Waals surface area contributed by atoms with Crippen molar-refractivity contribution in [3.8, 4) is 0 Å². The molecular weight excluding hydrogens is 272 g/mol. The summed E-state index contributed by atoms with van der Waals surface area (Å²) in [6.07, 6.45) is 0. The molecule has 0 heterocycles. The predicted molar refractivity (Wildman–Crippen MR) is 79.6 cm³/mol. The number of hydrogen-bond acceptors (Lipinski definition) is 2. The van der Waals surface area contributed by atoms with Crippen LogP contribution in [0, 0.1) is 18.6 Å². The number of benzene rings is 2.